The van der Waals surface area contributed by atoms with E-state index in [1.165, 1.54) is 56.9 Å². The third-order valence-electron chi connectivity index (χ3n) is 6.12. The number of rotatable bonds is 6. The fraction of sp³-hybridized carbons (Fsp3) is 0.565. The number of allylic oxidation sites excluding steroid dienone is 4. The average Bonchev–Trinajstić information content (AvgIpc) is 2.67. The molecular formula is C23H29F3. The molecule has 0 heterocycles. The van der Waals surface area contributed by atoms with E-state index < -0.39 is 17.5 Å². The van der Waals surface area contributed by atoms with Crippen LogP contribution in [0.3, 0.4) is 0 Å². The zero-order valence-electron chi connectivity index (χ0n) is 15.7. The summed E-state index contributed by atoms with van der Waals surface area (Å²) in [5.41, 5.74) is 2.82. The second-order valence-corrected chi connectivity index (χ2v) is 7.90. The number of halogens is 3. The van der Waals surface area contributed by atoms with Crippen molar-refractivity contribution >= 4 is 5.57 Å². The van der Waals surface area contributed by atoms with Gasteiger partial charge in [0, 0.05) is 0 Å². The molecule has 0 unspecified atom stereocenters. The molecule has 0 atom stereocenters. The van der Waals surface area contributed by atoms with Crippen molar-refractivity contribution in [3.8, 4) is 0 Å². The van der Waals surface area contributed by atoms with Crippen molar-refractivity contribution in [2.24, 2.45) is 11.8 Å². The monoisotopic (exact) mass is 362 g/mol. The van der Waals surface area contributed by atoms with E-state index >= 15 is 0 Å². The van der Waals surface area contributed by atoms with Gasteiger partial charge in [0.1, 0.15) is 0 Å². The highest BCUT2D eigenvalue weighted by atomic mass is 19.2. The SMILES string of the molecule is CCCCCC1CCC(C2=CC=C(c3cc(F)c(F)c(F)c3)CC2)CC1. The minimum atomic E-state index is -1.39. The first-order valence-electron chi connectivity index (χ1n) is 10.1. The van der Waals surface area contributed by atoms with Crippen LogP contribution in [0.2, 0.25) is 0 Å². The Morgan fingerprint density at radius 3 is 2.15 bits per heavy atom. The lowest BCUT2D eigenvalue weighted by Gasteiger charge is -2.31. The third-order valence-corrected chi connectivity index (χ3v) is 6.12. The first-order valence-corrected chi connectivity index (χ1v) is 10.1. The topological polar surface area (TPSA) is 0 Å². The number of hydrogen-bond donors (Lipinski definition) is 0. The second-order valence-electron chi connectivity index (χ2n) is 7.90. The molecule has 0 radical (unpaired) electrons. The van der Waals surface area contributed by atoms with Gasteiger partial charge >= 0.3 is 0 Å². The van der Waals surface area contributed by atoms with Crippen molar-refractivity contribution in [3.05, 3.63) is 52.9 Å². The fourth-order valence-electron chi connectivity index (χ4n) is 4.48. The van der Waals surface area contributed by atoms with E-state index in [1.54, 1.807) is 0 Å². The van der Waals surface area contributed by atoms with Gasteiger partial charge in [-0.1, -0.05) is 50.3 Å². The molecule has 0 spiro atoms. The predicted octanol–water partition coefficient (Wildman–Crippen LogP) is 7.59. The molecule has 1 fully saturated rings. The van der Waals surface area contributed by atoms with Crippen LogP contribution >= 0.6 is 0 Å². The highest BCUT2D eigenvalue weighted by molar-refractivity contribution is 5.69. The third kappa shape index (κ3) is 4.61. The lowest BCUT2D eigenvalue weighted by Crippen LogP contribution is -2.17. The van der Waals surface area contributed by atoms with Crippen LogP contribution in [0.15, 0.2) is 29.9 Å². The largest absolute Gasteiger partial charge is 0.204 e. The van der Waals surface area contributed by atoms with Crippen molar-refractivity contribution in [3.63, 3.8) is 0 Å². The molecule has 0 N–H and O–H groups in total. The van der Waals surface area contributed by atoms with E-state index in [4.69, 9.17) is 0 Å². The van der Waals surface area contributed by atoms with Crippen LogP contribution in [-0.4, -0.2) is 0 Å². The second kappa shape index (κ2) is 8.92. The van der Waals surface area contributed by atoms with Gasteiger partial charge in [0.05, 0.1) is 0 Å². The van der Waals surface area contributed by atoms with Crippen LogP contribution in [0.5, 0.6) is 0 Å². The van der Waals surface area contributed by atoms with Gasteiger partial charge in [0.15, 0.2) is 17.5 Å². The van der Waals surface area contributed by atoms with Crippen molar-refractivity contribution in [1.29, 1.82) is 0 Å². The Morgan fingerprint density at radius 1 is 0.885 bits per heavy atom. The highest BCUT2D eigenvalue weighted by Crippen LogP contribution is 2.39. The number of hydrogen-bond acceptors (Lipinski definition) is 0. The normalized spacial score (nSPS) is 23.5. The Hall–Kier alpha value is -1.51. The molecule has 0 nitrogen and oxygen atoms in total. The number of benzene rings is 1. The fourth-order valence-corrected chi connectivity index (χ4v) is 4.48. The molecule has 1 aromatic carbocycles. The molecule has 26 heavy (non-hydrogen) atoms. The molecule has 0 saturated heterocycles. The van der Waals surface area contributed by atoms with E-state index in [0.29, 0.717) is 11.5 Å². The molecule has 0 aliphatic heterocycles. The van der Waals surface area contributed by atoms with Crippen molar-refractivity contribution < 1.29 is 13.2 Å². The molecule has 3 heteroatoms. The summed E-state index contributed by atoms with van der Waals surface area (Å²) in [6.07, 6.45) is 16.4. The maximum absolute atomic E-state index is 13.5. The van der Waals surface area contributed by atoms with E-state index in [0.717, 1.165) is 36.5 Å². The lowest BCUT2D eigenvalue weighted by atomic mass is 9.74. The molecule has 0 amide bonds. The summed E-state index contributed by atoms with van der Waals surface area (Å²) in [4.78, 5) is 0. The van der Waals surface area contributed by atoms with Gasteiger partial charge in [0.25, 0.3) is 0 Å². The van der Waals surface area contributed by atoms with E-state index in [1.807, 2.05) is 6.08 Å². The Morgan fingerprint density at radius 2 is 1.58 bits per heavy atom. The molecule has 0 bridgehead atoms. The summed E-state index contributed by atoms with van der Waals surface area (Å²) in [6.45, 7) is 2.25. The van der Waals surface area contributed by atoms with E-state index in [-0.39, 0.29) is 0 Å². The maximum atomic E-state index is 13.5. The van der Waals surface area contributed by atoms with Gasteiger partial charge in [0.2, 0.25) is 0 Å². The lowest BCUT2D eigenvalue weighted by molar-refractivity contribution is 0.278. The molecular weight excluding hydrogens is 333 g/mol. The summed E-state index contributed by atoms with van der Waals surface area (Å²) in [7, 11) is 0. The van der Waals surface area contributed by atoms with Gasteiger partial charge in [-0.3, -0.25) is 0 Å². The Kier molecular flexibility index (Phi) is 6.61. The highest BCUT2D eigenvalue weighted by Gasteiger charge is 2.24. The smallest absolute Gasteiger partial charge is 0.194 e. The minimum absolute atomic E-state index is 0.455. The van der Waals surface area contributed by atoms with Gasteiger partial charge in [-0.05, 0) is 73.6 Å². The van der Waals surface area contributed by atoms with Gasteiger partial charge < -0.3 is 0 Å². The molecule has 2 aliphatic carbocycles. The Bertz CT molecular complexity index is 656. The van der Waals surface area contributed by atoms with Crippen molar-refractivity contribution in [2.45, 2.75) is 71.1 Å². The van der Waals surface area contributed by atoms with Gasteiger partial charge in [-0.2, -0.15) is 0 Å². The van der Waals surface area contributed by atoms with Gasteiger partial charge in [-0.15, -0.1) is 0 Å². The first kappa shape index (κ1) is 19.3. The zero-order chi connectivity index (χ0) is 18.5. The van der Waals surface area contributed by atoms with Gasteiger partial charge in [-0.25, -0.2) is 13.2 Å². The van der Waals surface area contributed by atoms with E-state index in [9.17, 15) is 13.2 Å². The van der Waals surface area contributed by atoms with Crippen molar-refractivity contribution in [1.82, 2.24) is 0 Å². The molecule has 0 aromatic heterocycles. The predicted molar refractivity (Wildman–Crippen MR) is 101 cm³/mol. The molecule has 1 aromatic rings. The van der Waals surface area contributed by atoms with Crippen LogP contribution in [0, 0.1) is 29.3 Å². The summed E-state index contributed by atoms with van der Waals surface area (Å²) >= 11 is 0. The summed E-state index contributed by atoms with van der Waals surface area (Å²) in [6, 6.07) is 2.20. The Balaban J connectivity index is 1.59. The van der Waals surface area contributed by atoms with Crippen molar-refractivity contribution in [2.75, 3.05) is 0 Å². The standard InChI is InChI=1S/C23H29F3/c1-2-3-4-5-16-6-8-17(9-7-16)18-10-12-19(13-11-18)20-14-21(24)23(26)22(25)15-20/h10,12,14-17H,2-9,11,13H2,1H3. The minimum Gasteiger partial charge on any atom is -0.204 e. The maximum Gasteiger partial charge on any atom is 0.194 e. The van der Waals surface area contributed by atoms with Crippen LogP contribution in [0.25, 0.3) is 5.57 Å². The molecule has 2 aliphatic rings. The molecule has 3 rings (SSSR count). The average molecular weight is 362 g/mol. The van der Waals surface area contributed by atoms with Crippen LogP contribution < -0.4 is 0 Å². The summed E-state index contributed by atoms with van der Waals surface area (Å²) in [5.74, 6) is -2.05. The van der Waals surface area contributed by atoms with Crippen LogP contribution in [-0.2, 0) is 0 Å². The summed E-state index contributed by atoms with van der Waals surface area (Å²) < 4.78 is 40.0. The Labute approximate surface area is 155 Å². The summed E-state index contributed by atoms with van der Waals surface area (Å²) in [5, 5.41) is 0. The quantitative estimate of drug-likeness (QED) is 0.361. The molecule has 1 saturated carbocycles. The van der Waals surface area contributed by atoms with Crippen LogP contribution in [0.4, 0.5) is 13.2 Å². The first-order chi connectivity index (χ1) is 12.6. The number of unbranched alkanes of at least 4 members (excludes halogenated alkanes) is 2. The molecule has 142 valence electrons. The zero-order valence-corrected chi connectivity index (χ0v) is 15.7. The van der Waals surface area contributed by atoms with Crippen LogP contribution in [0.1, 0.15) is 76.7 Å². The van der Waals surface area contributed by atoms with E-state index in [2.05, 4.69) is 13.0 Å².